The molecule has 172 valence electrons. The first-order valence-corrected chi connectivity index (χ1v) is 12.2. The van der Waals surface area contributed by atoms with Gasteiger partial charge in [-0.2, -0.15) is 0 Å². The van der Waals surface area contributed by atoms with E-state index in [0.717, 1.165) is 27.9 Å². The number of amides is 1. The van der Waals surface area contributed by atoms with Crippen molar-refractivity contribution in [2.75, 3.05) is 38.7 Å². The Morgan fingerprint density at radius 1 is 1.12 bits per heavy atom. The molecule has 0 unspecified atom stereocenters. The minimum atomic E-state index is -0.427. The van der Waals surface area contributed by atoms with E-state index in [9.17, 15) is 14.9 Å². The fourth-order valence-electron chi connectivity index (χ4n) is 3.51. The summed E-state index contributed by atoms with van der Waals surface area (Å²) in [4.78, 5) is 33.4. The molecule has 0 fully saturated rings. The zero-order valence-electron chi connectivity index (χ0n) is 18.6. The Morgan fingerprint density at radius 3 is 2.67 bits per heavy atom. The summed E-state index contributed by atoms with van der Waals surface area (Å²) in [5.41, 5.74) is 0.758. The van der Waals surface area contributed by atoms with Gasteiger partial charge < -0.3 is 9.64 Å². The Labute approximate surface area is 199 Å². The fourth-order valence-corrected chi connectivity index (χ4v) is 5.51. The number of anilines is 1. The van der Waals surface area contributed by atoms with Crippen LogP contribution in [0.15, 0.2) is 42.5 Å². The molecule has 2 aromatic carbocycles. The number of benzene rings is 2. The monoisotopic (exact) mass is 484 g/mol. The van der Waals surface area contributed by atoms with Gasteiger partial charge in [0.15, 0.2) is 5.13 Å². The van der Waals surface area contributed by atoms with Crippen molar-refractivity contribution in [3.8, 4) is 5.75 Å². The molecule has 1 amide bonds. The lowest BCUT2D eigenvalue weighted by Crippen LogP contribution is -2.32. The number of thiazole rings is 1. The number of rotatable bonds is 9. The van der Waals surface area contributed by atoms with E-state index in [1.807, 2.05) is 39.2 Å². The minimum absolute atomic E-state index is 0.0109. The van der Waals surface area contributed by atoms with Gasteiger partial charge in [0.05, 0.1) is 21.1 Å². The van der Waals surface area contributed by atoms with Gasteiger partial charge in [-0.1, -0.05) is 17.4 Å². The van der Waals surface area contributed by atoms with E-state index in [2.05, 4.69) is 4.90 Å². The van der Waals surface area contributed by atoms with Crippen molar-refractivity contribution in [3.05, 3.63) is 57.5 Å². The second-order valence-corrected chi connectivity index (χ2v) is 9.83. The van der Waals surface area contributed by atoms with Crippen LogP contribution in [0.3, 0.4) is 0 Å². The molecule has 0 bridgehead atoms. The molecule has 4 rings (SSSR count). The number of nitrogens with zero attached hydrogens (tertiary/aromatic N) is 4. The number of non-ortho nitro benzene ring substituents is 1. The fraction of sp³-hybridized carbons (Fsp3) is 0.304. The molecule has 2 heterocycles. The second kappa shape index (κ2) is 9.82. The van der Waals surface area contributed by atoms with Crippen LogP contribution >= 0.6 is 22.7 Å². The van der Waals surface area contributed by atoms with Crippen LogP contribution in [0.2, 0.25) is 0 Å². The van der Waals surface area contributed by atoms with Gasteiger partial charge in [0.2, 0.25) is 0 Å². The van der Waals surface area contributed by atoms with Gasteiger partial charge in [-0.15, -0.1) is 11.3 Å². The van der Waals surface area contributed by atoms with Crippen molar-refractivity contribution in [3.63, 3.8) is 0 Å². The number of aromatic nitrogens is 1. The predicted octanol–water partition coefficient (Wildman–Crippen LogP) is 5.42. The number of hydrogen-bond acceptors (Lipinski definition) is 8. The largest absolute Gasteiger partial charge is 0.492 e. The molecule has 0 aliphatic carbocycles. The number of nitro benzene ring substituents is 1. The number of para-hydroxylation sites is 1. The molecule has 0 saturated carbocycles. The first-order valence-electron chi connectivity index (χ1n) is 10.5. The van der Waals surface area contributed by atoms with Crippen LogP contribution in [0.25, 0.3) is 20.3 Å². The van der Waals surface area contributed by atoms with Gasteiger partial charge in [-0.3, -0.25) is 19.8 Å². The molecule has 0 N–H and O–H groups in total. The third-order valence-corrected chi connectivity index (χ3v) is 7.20. The number of carbonyl (C=O) groups is 1. The average Bonchev–Trinajstić information content (AvgIpc) is 3.40. The number of nitro groups is 1. The molecule has 33 heavy (non-hydrogen) atoms. The molecule has 2 aromatic heterocycles. The van der Waals surface area contributed by atoms with E-state index >= 15 is 0 Å². The summed E-state index contributed by atoms with van der Waals surface area (Å²) in [6.45, 7) is 3.80. The third kappa shape index (κ3) is 4.97. The Bertz CT molecular complexity index is 1310. The zero-order chi connectivity index (χ0) is 23.5. The van der Waals surface area contributed by atoms with Crippen molar-refractivity contribution in [2.45, 2.75) is 13.3 Å². The van der Waals surface area contributed by atoms with Crippen LogP contribution < -0.4 is 9.64 Å². The van der Waals surface area contributed by atoms with Crippen molar-refractivity contribution >= 4 is 59.7 Å². The highest BCUT2D eigenvalue weighted by Crippen LogP contribution is 2.36. The molecule has 0 atom stereocenters. The highest BCUT2D eigenvalue weighted by atomic mass is 32.1. The van der Waals surface area contributed by atoms with Gasteiger partial charge in [0.25, 0.3) is 11.6 Å². The van der Waals surface area contributed by atoms with E-state index in [-0.39, 0.29) is 11.6 Å². The van der Waals surface area contributed by atoms with Crippen LogP contribution in [0, 0.1) is 10.1 Å². The predicted molar refractivity (Wildman–Crippen MR) is 134 cm³/mol. The molecule has 0 radical (unpaired) electrons. The number of hydrogen-bond donors (Lipinski definition) is 0. The number of thiophene rings is 1. The molecule has 8 nitrogen and oxygen atoms in total. The molecule has 0 aliphatic rings. The Balaban J connectivity index is 1.71. The molecule has 0 saturated heterocycles. The Morgan fingerprint density at radius 2 is 1.94 bits per heavy atom. The summed E-state index contributed by atoms with van der Waals surface area (Å²) in [7, 11) is 3.99. The van der Waals surface area contributed by atoms with Gasteiger partial charge >= 0.3 is 0 Å². The smallest absolute Gasteiger partial charge is 0.270 e. The Kier molecular flexibility index (Phi) is 6.87. The molecular formula is C23H24N4O4S2. The van der Waals surface area contributed by atoms with Crippen molar-refractivity contribution in [1.82, 2.24) is 9.88 Å². The van der Waals surface area contributed by atoms with Crippen LogP contribution in [0.5, 0.6) is 5.75 Å². The van der Waals surface area contributed by atoms with E-state index < -0.39 is 4.92 Å². The minimum Gasteiger partial charge on any atom is -0.492 e. The summed E-state index contributed by atoms with van der Waals surface area (Å²) in [5.74, 6) is 0.544. The maximum Gasteiger partial charge on any atom is 0.270 e. The van der Waals surface area contributed by atoms with Gasteiger partial charge in [0.1, 0.15) is 11.3 Å². The van der Waals surface area contributed by atoms with E-state index in [1.165, 1.54) is 34.8 Å². The molecule has 0 aliphatic heterocycles. The summed E-state index contributed by atoms with van der Waals surface area (Å²) in [6, 6.07) is 12.2. The molecule has 4 aromatic rings. The lowest BCUT2D eigenvalue weighted by atomic mass is 10.2. The molecule has 0 spiro atoms. The van der Waals surface area contributed by atoms with Gasteiger partial charge in [-0.05, 0) is 58.3 Å². The van der Waals surface area contributed by atoms with Crippen LogP contribution in [0.4, 0.5) is 10.8 Å². The standard InChI is InChI=1S/C23H24N4O4S2/c1-4-31-17-7-5-8-19-21(17)24-23(33-19)26(12-6-11-25(2)3)22(28)20-14-15-13-16(27(29)30)9-10-18(15)32-20/h5,7-10,13-14H,4,6,11-12H2,1-3H3. The van der Waals surface area contributed by atoms with Crippen molar-refractivity contribution in [1.29, 1.82) is 0 Å². The van der Waals surface area contributed by atoms with Crippen molar-refractivity contribution in [2.24, 2.45) is 0 Å². The van der Waals surface area contributed by atoms with Crippen molar-refractivity contribution < 1.29 is 14.5 Å². The van der Waals surface area contributed by atoms with E-state index in [1.54, 1.807) is 17.0 Å². The Hall–Kier alpha value is -3.08. The number of ether oxygens (including phenoxy) is 1. The zero-order valence-corrected chi connectivity index (χ0v) is 20.2. The van der Waals surface area contributed by atoms with Gasteiger partial charge in [-0.25, -0.2) is 4.98 Å². The summed E-state index contributed by atoms with van der Waals surface area (Å²) >= 11 is 2.79. The maximum atomic E-state index is 13.6. The normalized spacial score (nSPS) is 11.4. The van der Waals surface area contributed by atoms with Crippen LogP contribution in [0.1, 0.15) is 23.0 Å². The quantitative estimate of drug-likeness (QED) is 0.233. The van der Waals surface area contributed by atoms with Gasteiger partial charge in [0, 0.05) is 28.8 Å². The van der Waals surface area contributed by atoms with Crippen LogP contribution in [-0.4, -0.2) is 54.5 Å². The van der Waals surface area contributed by atoms with E-state index in [4.69, 9.17) is 9.72 Å². The lowest BCUT2D eigenvalue weighted by Gasteiger charge is -2.20. The average molecular weight is 485 g/mol. The summed E-state index contributed by atoms with van der Waals surface area (Å²) in [5, 5.41) is 12.4. The van der Waals surface area contributed by atoms with E-state index in [0.29, 0.717) is 34.3 Å². The molecule has 10 heteroatoms. The number of fused-ring (bicyclic) bond motifs is 2. The SMILES string of the molecule is CCOc1cccc2sc(N(CCCN(C)C)C(=O)c3cc4cc([N+](=O)[O-])ccc4s3)nc12. The highest BCUT2D eigenvalue weighted by molar-refractivity contribution is 7.23. The summed E-state index contributed by atoms with van der Waals surface area (Å²) < 4.78 is 7.51. The van der Waals surface area contributed by atoms with Crippen LogP contribution in [-0.2, 0) is 0 Å². The topological polar surface area (TPSA) is 88.8 Å². The summed E-state index contributed by atoms with van der Waals surface area (Å²) in [6.07, 6.45) is 0.781. The first-order chi connectivity index (χ1) is 15.9. The molecular weight excluding hydrogens is 460 g/mol. The second-order valence-electron chi connectivity index (χ2n) is 7.74. The first kappa shape index (κ1) is 23.1. The maximum absolute atomic E-state index is 13.6. The number of carbonyl (C=O) groups excluding carboxylic acids is 1. The third-order valence-electron chi connectivity index (χ3n) is 5.06. The lowest BCUT2D eigenvalue weighted by molar-refractivity contribution is -0.384. The highest BCUT2D eigenvalue weighted by Gasteiger charge is 2.24.